The second-order valence-corrected chi connectivity index (χ2v) is 4.76. The molecule has 1 atom stereocenters. The lowest BCUT2D eigenvalue weighted by molar-refractivity contribution is -0.112. The van der Waals surface area contributed by atoms with Gasteiger partial charge in [-0.15, -0.1) is 0 Å². The first-order valence-corrected chi connectivity index (χ1v) is 5.98. The number of allylic oxidation sites excluding steroid dienone is 2. The molecule has 0 aliphatic carbocycles. The molecule has 1 heterocycles. The predicted octanol–water partition coefficient (Wildman–Crippen LogP) is 3.12. The Kier molecular flexibility index (Phi) is 3.89. The highest BCUT2D eigenvalue weighted by atomic mass is 16.1. The third-order valence-electron chi connectivity index (χ3n) is 3.25. The van der Waals surface area contributed by atoms with Gasteiger partial charge in [-0.2, -0.15) is 5.10 Å². The summed E-state index contributed by atoms with van der Waals surface area (Å²) in [6, 6.07) is 0. The number of nitrogens with zero attached hydrogens (tertiary/aromatic N) is 2. The van der Waals surface area contributed by atoms with Crippen molar-refractivity contribution in [2.75, 3.05) is 0 Å². The third kappa shape index (κ3) is 2.52. The smallest absolute Gasteiger partial charge is 0.154 e. The molecule has 3 heteroatoms. The Hall–Kier alpha value is -1.12. The highest BCUT2D eigenvalue weighted by Gasteiger charge is 2.36. The van der Waals surface area contributed by atoms with Gasteiger partial charge in [0.05, 0.1) is 5.54 Å². The van der Waals surface area contributed by atoms with Crippen LogP contribution < -0.4 is 0 Å². The van der Waals surface area contributed by atoms with Gasteiger partial charge in [0.25, 0.3) is 0 Å². The molecule has 0 aromatic heterocycles. The van der Waals surface area contributed by atoms with Crippen LogP contribution in [0, 0.1) is 0 Å². The van der Waals surface area contributed by atoms with Crippen molar-refractivity contribution in [3.63, 3.8) is 0 Å². The number of hydrogen-bond donors (Lipinski definition) is 0. The molecule has 1 unspecified atom stereocenters. The van der Waals surface area contributed by atoms with Crippen LogP contribution in [-0.4, -0.2) is 22.0 Å². The van der Waals surface area contributed by atoms with Crippen molar-refractivity contribution in [3.05, 3.63) is 11.8 Å². The Labute approximate surface area is 98.2 Å². The zero-order chi connectivity index (χ0) is 12.3. The van der Waals surface area contributed by atoms with Gasteiger partial charge in [-0.25, -0.2) is 0 Å². The summed E-state index contributed by atoms with van der Waals surface area (Å²) in [5.41, 5.74) is 2.21. The monoisotopic (exact) mass is 222 g/mol. The molecule has 0 aromatic carbocycles. The lowest BCUT2D eigenvalue weighted by atomic mass is 9.91. The van der Waals surface area contributed by atoms with Crippen molar-refractivity contribution in [2.24, 2.45) is 5.10 Å². The van der Waals surface area contributed by atoms with Gasteiger partial charge in [0, 0.05) is 23.9 Å². The van der Waals surface area contributed by atoms with Gasteiger partial charge in [0.15, 0.2) is 5.78 Å². The largest absolute Gasteiger partial charge is 0.295 e. The Morgan fingerprint density at radius 3 is 2.56 bits per heavy atom. The molecule has 0 radical (unpaired) electrons. The van der Waals surface area contributed by atoms with Gasteiger partial charge in [0.1, 0.15) is 0 Å². The highest BCUT2D eigenvalue weighted by Crippen LogP contribution is 2.34. The fourth-order valence-electron chi connectivity index (χ4n) is 2.14. The number of rotatable bonds is 4. The van der Waals surface area contributed by atoms with Crippen LogP contribution >= 0.6 is 0 Å². The molecule has 0 saturated carbocycles. The summed E-state index contributed by atoms with van der Waals surface area (Å²) >= 11 is 0. The van der Waals surface area contributed by atoms with Crippen LogP contribution in [0.2, 0.25) is 0 Å². The quantitative estimate of drug-likeness (QED) is 0.685. The van der Waals surface area contributed by atoms with Crippen LogP contribution in [0.25, 0.3) is 0 Å². The van der Waals surface area contributed by atoms with Gasteiger partial charge in [0.2, 0.25) is 0 Å². The molecule has 90 valence electrons. The molecule has 0 aromatic rings. The van der Waals surface area contributed by atoms with E-state index in [9.17, 15) is 4.79 Å². The summed E-state index contributed by atoms with van der Waals surface area (Å²) in [7, 11) is 0. The zero-order valence-corrected chi connectivity index (χ0v) is 11.0. The molecule has 0 N–H and O–H groups in total. The highest BCUT2D eigenvalue weighted by molar-refractivity contribution is 5.89. The van der Waals surface area contributed by atoms with E-state index >= 15 is 0 Å². The van der Waals surface area contributed by atoms with Crippen molar-refractivity contribution in [1.82, 2.24) is 5.01 Å². The number of hydrogen-bond acceptors (Lipinski definition) is 3. The second-order valence-electron chi connectivity index (χ2n) is 4.76. The molecular formula is C13H22N2O. The first kappa shape index (κ1) is 12.9. The van der Waals surface area contributed by atoms with Crippen molar-refractivity contribution in [3.8, 4) is 0 Å². The van der Waals surface area contributed by atoms with E-state index in [4.69, 9.17) is 0 Å². The minimum Gasteiger partial charge on any atom is -0.295 e. The molecule has 16 heavy (non-hydrogen) atoms. The lowest BCUT2D eigenvalue weighted by Gasteiger charge is -2.33. The van der Waals surface area contributed by atoms with Crippen LogP contribution in [0.15, 0.2) is 16.9 Å². The van der Waals surface area contributed by atoms with E-state index < -0.39 is 0 Å². The number of carbonyl (C=O) groups is 1. The Balaban J connectivity index is 2.99. The average Bonchev–Trinajstić information content (AvgIpc) is 2.56. The molecule has 0 fully saturated rings. The normalized spacial score (nSPS) is 25.9. The van der Waals surface area contributed by atoms with Gasteiger partial charge in [-0.3, -0.25) is 9.80 Å². The van der Waals surface area contributed by atoms with E-state index in [1.165, 1.54) is 5.71 Å². The van der Waals surface area contributed by atoms with E-state index in [2.05, 4.69) is 25.9 Å². The first-order valence-electron chi connectivity index (χ1n) is 5.98. The lowest BCUT2D eigenvalue weighted by Crippen LogP contribution is -2.38. The van der Waals surface area contributed by atoms with Crippen molar-refractivity contribution in [1.29, 1.82) is 0 Å². The zero-order valence-electron chi connectivity index (χ0n) is 11.0. The van der Waals surface area contributed by atoms with Gasteiger partial charge < -0.3 is 0 Å². The van der Waals surface area contributed by atoms with E-state index in [-0.39, 0.29) is 11.3 Å². The fraction of sp³-hybridized carbons (Fsp3) is 0.692. The summed E-state index contributed by atoms with van der Waals surface area (Å²) in [5.74, 6) is 0.0797. The molecule has 3 nitrogen and oxygen atoms in total. The van der Waals surface area contributed by atoms with Gasteiger partial charge >= 0.3 is 0 Å². The molecular weight excluding hydrogens is 200 g/mol. The standard InChI is InChI=1S/C13H22N2O/c1-6-12-9-13(5,7-2)15(14-12)10(3)8-11(4)16/h8H,6-7,9H2,1-5H3. The molecule has 1 rings (SSSR count). The first-order chi connectivity index (χ1) is 7.42. The topological polar surface area (TPSA) is 32.7 Å². The molecule has 0 amide bonds. The molecule has 1 aliphatic rings. The second kappa shape index (κ2) is 4.81. The number of carbonyl (C=O) groups excluding carboxylic acids is 1. The van der Waals surface area contributed by atoms with E-state index in [1.54, 1.807) is 13.0 Å². The van der Waals surface area contributed by atoms with E-state index in [1.807, 2.05) is 11.9 Å². The summed E-state index contributed by atoms with van der Waals surface area (Å²) in [4.78, 5) is 11.1. The summed E-state index contributed by atoms with van der Waals surface area (Å²) in [5, 5.41) is 6.63. The number of ketones is 1. The summed E-state index contributed by atoms with van der Waals surface area (Å²) in [6.07, 6.45) is 4.68. The van der Waals surface area contributed by atoms with Crippen LogP contribution in [0.5, 0.6) is 0 Å². The predicted molar refractivity (Wildman–Crippen MR) is 67.3 cm³/mol. The van der Waals surface area contributed by atoms with E-state index in [0.29, 0.717) is 0 Å². The van der Waals surface area contributed by atoms with Gasteiger partial charge in [-0.1, -0.05) is 13.8 Å². The average molecular weight is 222 g/mol. The molecule has 0 bridgehead atoms. The minimum atomic E-state index is 0.0430. The van der Waals surface area contributed by atoms with E-state index in [0.717, 1.165) is 25.0 Å². The maximum absolute atomic E-state index is 11.1. The molecule has 0 spiro atoms. The summed E-state index contributed by atoms with van der Waals surface area (Å²) in [6.45, 7) is 10.0. The third-order valence-corrected chi connectivity index (χ3v) is 3.25. The number of hydrazone groups is 1. The van der Waals surface area contributed by atoms with Crippen molar-refractivity contribution >= 4 is 11.5 Å². The van der Waals surface area contributed by atoms with Crippen LogP contribution in [-0.2, 0) is 4.79 Å². The Morgan fingerprint density at radius 1 is 1.50 bits per heavy atom. The van der Waals surface area contributed by atoms with Crippen molar-refractivity contribution < 1.29 is 4.79 Å². The van der Waals surface area contributed by atoms with Gasteiger partial charge in [-0.05, 0) is 33.6 Å². The van der Waals surface area contributed by atoms with Crippen LogP contribution in [0.3, 0.4) is 0 Å². The van der Waals surface area contributed by atoms with Crippen LogP contribution in [0.4, 0.5) is 0 Å². The maximum Gasteiger partial charge on any atom is 0.154 e. The molecule has 1 aliphatic heterocycles. The Bertz CT molecular complexity index is 344. The van der Waals surface area contributed by atoms with Crippen molar-refractivity contribution in [2.45, 2.75) is 59.4 Å². The van der Waals surface area contributed by atoms with Crippen LogP contribution in [0.1, 0.15) is 53.9 Å². The summed E-state index contributed by atoms with van der Waals surface area (Å²) < 4.78 is 0. The molecule has 0 saturated heterocycles. The minimum absolute atomic E-state index is 0.0430. The fourth-order valence-corrected chi connectivity index (χ4v) is 2.14. The maximum atomic E-state index is 11.1. The Morgan fingerprint density at radius 2 is 2.12 bits per heavy atom. The SMILES string of the molecule is CCC1=NN(C(C)=CC(C)=O)C(C)(CC)C1.